The molecule has 0 saturated carbocycles. The van der Waals surface area contributed by atoms with Crippen molar-refractivity contribution in [2.75, 3.05) is 5.32 Å². The predicted octanol–water partition coefficient (Wildman–Crippen LogP) is 3.80. The van der Waals surface area contributed by atoms with Gasteiger partial charge in [0.1, 0.15) is 12.4 Å². The first-order valence-corrected chi connectivity index (χ1v) is 7.89. The minimum Gasteiger partial charge on any atom is -0.489 e. The van der Waals surface area contributed by atoms with E-state index in [-0.39, 0.29) is 10.7 Å². The van der Waals surface area contributed by atoms with E-state index >= 15 is 0 Å². The number of H-pyrrole nitrogens is 1. The van der Waals surface area contributed by atoms with E-state index in [1.807, 2.05) is 30.3 Å². The fraction of sp³-hybridized carbons (Fsp3) is 0.0588. The van der Waals surface area contributed by atoms with Crippen LogP contribution in [0, 0.1) is 10.1 Å². The molecule has 0 fully saturated rings. The lowest BCUT2D eigenvalue weighted by atomic mass is 10.2. The molecule has 0 bridgehead atoms. The van der Waals surface area contributed by atoms with Gasteiger partial charge >= 0.3 is 5.82 Å². The van der Waals surface area contributed by atoms with Gasteiger partial charge in [0.25, 0.3) is 5.91 Å². The lowest BCUT2D eigenvalue weighted by Crippen LogP contribution is -2.12. The second-order valence-corrected chi connectivity index (χ2v) is 5.62. The van der Waals surface area contributed by atoms with E-state index in [4.69, 9.17) is 16.3 Å². The van der Waals surface area contributed by atoms with E-state index in [9.17, 15) is 14.9 Å². The maximum Gasteiger partial charge on any atom is 0.362 e. The van der Waals surface area contributed by atoms with Crippen molar-refractivity contribution in [1.29, 1.82) is 0 Å². The number of aromatic nitrogens is 2. The molecule has 132 valence electrons. The predicted molar refractivity (Wildman–Crippen MR) is 95.4 cm³/mol. The fourth-order valence-electron chi connectivity index (χ4n) is 2.16. The Morgan fingerprint density at radius 3 is 2.50 bits per heavy atom. The molecule has 0 atom stereocenters. The molecular formula is C17H13ClN4O4. The molecule has 3 rings (SSSR count). The minimum atomic E-state index is -0.745. The summed E-state index contributed by atoms with van der Waals surface area (Å²) in [7, 11) is 0. The van der Waals surface area contributed by atoms with Crippen LogP contribution in [0.3, 0.4) is 0 Å². The molecule has 1 amide bonds. The largest absolute Gasteiger partial charge is 0.489 e. The number of anilines is 1. The summed E-state index contributed by atoms with van der Waals surface area (Å²) in [6.07, 6.45) is 0. The molecule has 9 heteroatoms. The first-order chi connectivity index (χ1) is 12.5. The van der Waals surface area contributed by atoms with Crippen molar-refractivity contribution in [1.82, 2.24) is 10.2 Å². The van der Waals surface area contributed by atoms with Crippen LogP contribution in [0.15, 0.2) is 54.6 Å². The summed E-state index contributed by atoms with van der Waals surface area (Å²) in [6.45, 7) is 0.430. The summed E-state index contributed by atoms with van der Waals surface area (Å²) in [6, 6.07) is 16.4. The Balaban J connectivity index is 1.62. The lowest BCUT2D eigenvalue weighted by Gasteiger charge is -2.08. The fourth-order valence-corrected chi connectivity index (χ4v) is 2.40. The number of rotatable bonds is 6. The number of amides is 1. The highest BCUT2D eigenvalue weighted by Crippen LogP contribution is 2.25. The van der Waals surface area contributed by atoms with Crippen LogP contribution >= 0.6 is 11.6 Å². The van der Waals surface area contributed by atoms with Gasteiger partial charge in [-0.1, -0.05) is 47.0 Å². The van der Waals surface area contributed by atoms with Crippen LogP contribution < -0.4 is 10.1 Å². The topological polar surface area (TPSA) is 110 Å². The zero-order valence-corrected chi connectivity index (χ0v) is 14.1. The van der Waals surface area contributed by atoms with Gasteiger partial charge in [0.05, 0.1) is 0 Å². The number of ether oxygens (including phenoxy) is 1. The van der Waals surface area contributed by atoms with Crippen molar-refractivity contribution in [2.24, 2.45) is 0 Å². The molecule has 3 aromatic rings. The van der Waals surface area contributed by atoms with E-state index in [1.165, 1.54) is 0 Å². The number of aromatic amines is 1. The first-order valence-electron chi connectivity index (χ1n) is 7.51. The Bertz CT molecular complexity index is 926. The van der Waals surface area contributed by atoms with Crippen LogP contribution in [0.5, 0.6) is 5.75 Å². The van der Waals surface area contributed by atoms with E-state index in [0.717, 1.165) is 5.56 Å². The maximum absolute atomic E-state index is 12.1. The molecule has 0 spiro atoms. The lowest BCUT2D eigenvalue weighted by molar-refractivity contribution is -0.389. The molecule has 0 saturated heterocycles. The van der Waals surface area contributed by atoms with E-state index in [2.05, 4.69) is 15.5 Å². The standard InChI is InChI=1S/C17H13ClN4O4/c18-14-15(20-21-16(14)22(24)25)17(23)19-12-6-8-13(9-7-12)26-10-11-4-2-1-3-5-11/h1-9H,10H2,(H,19,23)(H,20,21). The van der Waals surface area contributed by atoms with Crippen molar-refractivity contribution in [3.63, 3.8) is 0 Å². The Morgan fingerprint density at radius 2 is 1.88 bits per heavy atom. The molecular weight excluding hydrogens is 360 g/mol. The number of hydrogen-bond donors (Lipinski definition) is 2. The number of hydrogen-bond acceptors (Lipinski definition) is 5. The highest BCUT2D eigenvalue weighted by molar-refractivity contribution is 6.35. The summed E-state index contributed by atoms with van der Waals surface area (Å²) >= 11 is 5.79. The van der Waals surface area contributed by atoms with Crippen molar-refractivity contribution >= 4 is 29.0 Å². The van der Waals surface area contributed by atoms with Gasteiger partial charge < -0.3 is 20.2 Å². The van der Waals surface area contributed by atoms with Gasteiger partial charge in [-0.25, -0.2) is 0 Å². The number of carbonyl (C=O) groups excluding carboxylic acids is 1. The van der Waals surface area contributed by atoms with E-state index in [0.29, 0.717) is 18.0 Å². The molecule has 26 heavy (non-hydrogen) atoms. The summed E-state index contributed by atoms with van der Waals surface area (Å²) in [5.74, 6) is -0.543. The average Bonchev–Trinajstić information content (AvgIpc) is 3.04. The highest BCUT2D eigenvalue weighted by Gasteiger charge is 2.25. The molecule has 0 aliphatic rings. The normalized spacial score (nSPS) is 10.3. The van der Waals surface area contributed by atoms with Gasteiger partial charge in [-0.15, -0.1) is 5.10 Å². The highest BCUT2D eigenvalue weighted by atomic mass is 35.5. The van der Waals surface area contributed by atoms with Crippen LogP contribution in [0.25, 0.3) is 0 Å². The second-order valence-electron chi connectivity index (χ2n) is 5.24. The van der Waals surface area contributed by atoms with E-state index in [1.54, 1.807) is 24.3 Å². The van der Waals surface area contributed by atoms with Crippen LogP contribution in [0.2, 0.25) is 5.02 Å². The van der Waals surface area contributed by atoms with Crippen molar-refractivity contribution in [3.05, 3.63) is 81.0 Å². The number of benzene rings is 2. The Hall–Kier alpha value is -3.39. The number of nitrogens with one attached hydrogen (secondary N) is 2. The third kappa shape index (κ3) is 3.98. The summed E-state index contributed by atoms with van der Waals surface area (Å²) < 4.78 is 5.66. The third-order valence-electron chi connectivity index (χ3n) is 3.45. The zero-order valence-electron chi connectivity index (χ0n) is 13.3. The van der Waals surface area contributed by atoms with Gasteiger partial charge in [-0.3, -0.25) is 4.79 Å². The molecule has 0 unspecified atom stereocenters. The van der Waals surface area contributed by atoms with Gasteiger partial charge in [0.15, 0.2) is 10.7 Å². The maximum atomic E-state index is 12.1. The second kappa shape index (κ2) is 7.66. The number of nitro groups is 1. The van der Waals surface area contributed by atoms with E-state index < -0.39 is 16.6 Å². The van der Waals surface area contributed by atoms with Crippen LogP contribution in [-0.2, 0) is 6.61 Å². The van der Waals surface area contributed by atoms with Gasteiger partial charge in [0, 0.05) is 5.69 Å². The van der Waals surface area contributed by atoms with Gasteiger partial charge in [-0.2, -0.15) is 0 Å². The van der Waals surface area contributed by atoms with Crippen molar-refractivity contribution < 1.29 is 14.5 Å². The van der Waals surface area contributed by atoms with Crippen molar-refractivity contribution in [2.45, 2.75) is 6.61 Å². The Kier molecular flexibility index (Phi) is 5.14. The molecule has 1 heterocycles. The van der Waals surface area contributed by atoms with Crippen LogP contribution in [-0.4, -0.2) is 21.0 Å². The van der Waals surface area contributed by atoms with Gasteiger partial charge in [-0.05, 0) is 34.8 Å². The zero-order chi connectivity index (χ0) is 18.5. The number of halogens is 1. The number of carbonyl (C=O) groups is 1. The molecule has 2 N–H and O–H groups in total. The quantitative estimate of drug-likeness (QED) is 0.505. The summed E-state index contributed by atoms with van der Waals surface area (Å²) in [5.41, 5.74) is 1.27. The minimum absolute atomic E-state index is 0.247. The SMILES string of the molecule is O=C(Nc1ccc(OCc2ccccc2)cc1)c1n[nH]c([N+](=O)[O-])c1Cl. The smallest absolute Gasteiger partial charge is 0.362 e. The Labute approximate surface area is 152 Å². The molecule has 0 aliphatic carbocycles. The van der Waals surface area contributed by atoms with Crippen LogP contribution in [0.1, 0.15) is 16.1 Å². The molecule has 1 aromatic heterocycles. The number of nitrogens with zero attached hydrogens (tertiary/aromatic N) is 2. The monoisotopic (exact) mass is 372 g/mol. The molecule has 0 radical (unpaired) electrons. The van der Waals surface area contributed by atoms with Crippen molar-refractivity contribution in [3.8, 4) is 5.75 Å². The van der Waals surface area contributed by atoms with Gasteiger partial charge in [0.2, 0.25) is 0 Å². The summed E-state index contributed by atoms with van der Waals surface area (Å²) in [5, 5.41) is 18.7. The molecule has 0 aliphatic heterocycles. The first kappa shape index (κ1) is 17.4. The van der Waals surface area contributed by atoms with Crippen LogP contribution in [0.4, 0.5) is 11.5 Å². The average molecular weight is 373 g/mol. The summed E-state index contributed by atoms with van der Waals surface area (Å²) in [4.78, 5) is 22.1. The molecule has 2 aromatic carbocycles. The Morgan fingerprint density at radius 1 is 1.19 bits per heavy atom. The molecule has 8 nitrogen and oxygen atoms in total. The third-order valence-corrected chi connectivity index (χ3v) is 3.81.